The lowest BCUT2D eigenvalue weighted by Gasteiger charge is -2.18. The first-order chi connectivity index (χ1) is 22.5. The maximum absolute atomic E-state index is 16.3. The van der Waals surface area contributed by atoms with Crippen LogP contribution in [0.5, 0.6) is 0 Å². The summed E-state index contributed by atoms with van der Waals surface area (Å²) in [6.45, 7) is -1.00. The molecule has 47 heavy (non-hydrogen) atoms. The number of fused-ring (bicyclic) bond motifs is 2. The van der Waals surface area contributed by atoms with E-state index in [4.69, 9.17) is 9.97 Å². The van der Waals surface area contributed by atoms with Crippen molar-refractivity contribution in [2.75, 3.05) is 14.1 Å². The Bertz CT molecular complexity index is 2200. The molecule has 0 aliphatic heterocycles. The van der Waals surface area contributed by atoms with Gasteiger partial charge in [-0.15, -0.1) is 0 Å². The predicted octanol–water partition coefficient (Wildman–Crippen LogP) is 6.77. The van der Waals surface area contributed by atoms with Crippen molar-refractivity contribution in [2.45, 2.75) is 50.0 Å². The topological polar surface area (TPSA) is 86.7 Å². The quantitative estimate of drug-likeness (QED) is 0.184. The van der Waals surface area contributed by atoms with Gasteiger partial charge in [-0.25, -0.2) is 14.6 Å². The van der Waals surface area contributed by atoms with Crippen molar-refractivity contribution in [1.82, 2.24) is 39.0 Å². The van der Waals surface area contributed by atoms with Crippen molar-refractivity contribution in [3.63, 3.8) is 0 Å². The largest absolute Gasteiger partial charge is 0.345 e. The van der Waals surface area contributed by atoms with Gasteiger partial charge in [-0.2, -0.15) is 23.4 Å². The fourth-order valence-electron chi connectivity index (χ4n) is 6.55. The van der Waals surface area contributed by atoms with E-state index in [0.717, 1.165) is 58.5 Å². The normalized spacial score (nSPS) is 15.2. The summed E-state index contributed by atoms with van der Waals surface area (Å²) in [4.78, 5) is 23.7. The summed E-state index contributed by atoms with van der Waals surface area (Å²) in [7, 11) is 7.04. The van der Waals surface area contributed by atoms with Crippen molar-refractivity contribution in [3.05, 3.63) is 83.2 Å². The number of alkyl halides is 2. The molecule has 9 nitrogen and oxygen atoms in total. The van der Waals surface area contributed by atoms with Crippen molar-refractivity contribution in [2.24, 2.45) is 14.1 Å². The minimum atomic E-state index is -3.45. The second-order valence-corrected chi connectivity index (χ2v) is 13.0. The first-order valence-electron chi connectivity index (χ1n) is 15.8. The van der Waals surface area contributed by atoms with Gasteiger partial charge in [-0.05, 0) is 49.9 Å². The molecule has 2 aliphatic rings. The zero-order valence-corrected chi connectivity index (χ0v) is 26.5. The molecule has 1 amide bonds. The van der Waals surface area contributed by atoms with Crippen LogP contribution in [0.4, 0.5) is 13.2 Å². The highest BCUT2D eigenvalue weighted by molar-refractivity contribution is 5.95. The van der Waals surface area contributed by atoms with E-state index < -0.39 is 18.4 Å². The number of imidazole rings is 1. The molecule has 4 heterocycles. The minimum absolute atomic E-state index is 0.157. The van der Waals surface area contributed by atoms with Crippen LogP contribution in [0.3, 0.4) is 0 Å². The molecule has 0 atom stereocenters. The number of hydrogen-bond donors (Lipinski definition) is 0. The molecule has 12 heteroatoms. The number of halogens is 3. The molecule has 8 rings (SSSR count). The highest BCUT2D eigenvalue weighted by Crippen LogP contribution is 2.49. The Morgan fingerprint density at radius 3 is 2.36 bits per heavy atom. The van der Waals surface area contributed by atoms with Crippen molar-refractivity contribution >= 4 is 27.8 Å². The van der Waals surface area contributed by atoms with Gasteiger partial charge < -0.3 is 9.47 Å². The SMILES string of the molecule is CN(C)C(=O)c1ccc(C(F)(F)Cn2nc3cccc(-c4nc(-c5cc6cn(C)nc6nc5C5CC5)n(C)c4C4CC4)c3c2F)cc1. The van der Waals surface area contributed by atoms with Crippen LogP contribution >= 0.6 is 0 Å². The summed E-state index contributed by atoms with van der Waals surface area (Å²) in [6, 6.07) is 12.4. The summed E-state index contributed by atoms with van der Waals surface area (Å²) in [5, 5.41) is 9.87. The number of amides is 1. The summed E-state index contributed by atoms with van der Waals surface area (Å²) in [6.07, 6.45) is 6.02. The van der Waals surface area contributed by atoms with Crippen LogP contribution in [0.25, 0.3) is 44.6 Å². The van der Waals surface area contributed by atoms with Crippen molar-refractivity contribution in [3.8, 4) is 22.6 Å². The molecule has 240 valence electrons. The molecule has 6 aromatic rings. The molecule has 2 aromatic carbocycles. The van der Waals surface area contributed by atoms with Gasteiger partial charge in [-0.3, -0.25) is 9.48 Å². The second-order valence-electron chi connectivity index (χ2n) is 13.0. The molecule has 0 saturated heterocycles. The first kappa shape index (κ1) is 29.4. The van der Waals surface area contributed by atoms with Crippen molar-refractivity contribution in [1.29, 1.82) is 0 Å². The number of rotatable bonds is 8. The van der Waals surface area contributed by atoms with E-state index in [1.165, 1.54) is 29.2 Å². The summed E-state index contributed by atoms with van der Waals surface area (Å²) < 4.78 is 52.0. The van der Waals surface area contributed by atoms with Gasteiger partial charge >= 0.3 is 0 Å². The van der Waals surface area contributed by atoms with Gasteiger partial charge in [0.25, 0.3) is 11.8 Å². The van der Waals surface area contributed by atoms with Gasteiger partial charge in [0.2, 0.25) is 5.95 Å². The molecule has 0 N–H and O–H groups in total. The molecule has 4 aromatic heterocycles. The summed E-state index contributed by atoms with van der Waals surface area (Å²) in [5.74, 6) is -3.24. The number of carbonyl (C=O) groups excluding carboxylic acids is 1. The fourth-order valence-corrected chi connectivity index (χ4v) is 6.55. The van der Waals surface area contributed by atoms with Crippen LogP contribution in [0.2, 0.25) is 0 Å². The van der Waals surface area contributed by atoms with Gasteiger partial charge in [0.1, 0.15) is 12.4 Å². The Morgan fingerprint density at radius 1 is 0.957 bits per heavy atom. The fraction of sp³-hybridized carbons (Fsp3) is 0.343. The molecule has 0 spiro atoms. The molecule has 2 fully saturated rings. The van der Waals surface area contributed by atoms with Crippen LogP contribution in [-0.2, 0) is 26.6 Å². The Kier molecular flexibility index (Phi) is 6.58. The van der Waals surface area contributed by atoms with Crippen LogP contribution in [-0.4, -0.2) is 59.0 Å². The lowest BCUT2D eigenvalue weighted by molar-refractivity contribution is -0.0281. The Morgan fingerprint density at radius 2 is 1.68 bits per heavy atom. The third-order valence-electron chi connectivity index (χ3n) is 9.21. The standard InChI is InChI=1S/C35H33F3N8O/c1-43(2)34(47)21-12-14-23(15-13-21)35(37,38)18-46-31(36)27-24(6-5-7-26(27)41-46)29-30(20-10-11-20)45(4)33(40-29)25-16-22-17-44(3)42-32(22)39-28(25)19-8-9-19/h5-7,12-17,19-20H,8-11,18H2,1-4H3. The van der Waals surface area contributed by atoms with Gasteiger partial charge in [0, 0.05) is 79.6 Å². The van der Waals surface area contributed by atoms with Gasteiger partial charge in [0.05, 0.1) is 22.3 Å². The average molecular weight is 639 g/mol. The second kappa shape index (κ2) is 10.5. The number of aryl methyl sites for hydroxylation is 1. The number of carbonyl (C=O) groups is 1. The lowest BCUT2D eigenvalue weighted by atomic mass is 10.0. The third kappa shape index (κ3) is 4.97. The Hall–Kier alpha value is -5.00. The molecule has 0 radical (unpaired) electrons. The average Bonchev–Trinajstić information content (AvgIpc) is 3.97. The highest BCUT2D eigenvalue weighted by Gasteiger charge is 2.37. The van der Waals surface area contributed by atoms with E-state index in [9.17, 15) is 4.79 Å². The lowest BCUT2D eigenvalue weighted by Crippen LogP contribution is -2.24. The summed E-state index contributed by atoms with van der Waals surface area (Å²) in [5.41, 5.74) is 4.98. The molecule has 2 saturated carbocycles. The summed E-state index contributed by atoms with van der Waals surface area (Å²) >= 11 is 0. The molecular weight excluding hydrogens is 605 g/mol. The van der Waals surface area contributed by atoms with Crippen LogP contribution in [0.15, 0.2) is 54.7 Å². The predicted molar refractivity (Wildman–Crippen MR) is 172 cm³/mol. The maximum Gasteiger partial charge on any atom is 0.292 e. The smallest absolute Gasteiger partial charge is 0.292 e. The van der Waals surface area contributed by atoms with E-state index in [2.05, 4.69) is 20.8 Å². The van der Waals surface area contributed by atoms with Crippen LogP contribution in [0, 0.1) is 5.95 Å². The molecule has 0 unspecified atom stereocenters. The molecular formula is C35H33F3N8O. The van der Waals surface area contributed by atoms with E-state index in [1.54, 1.807) is 37.0 Å². The number of benzene rings is 2. The highest BCUT2D eigenvalue weighted by atomic mass is 19.3. The number of pyridine rings is 1. The third-order valence-corrected chi connectivity index (χ3v) is 9.21. The first-order valence-corrected chi connectivity index (χ1v) is 15.8. The number of aromatic nitrogens is 7. The zero-order valence-electron chi connectivity index (χ0n) is 26.5. The van der Waals surface area contributed by atoms with E-state index in [-0.39, 0.29) is 33.9 Å². The minimum Gasteiger partial charge on any atom is -0.345 e. The Balaban J connectivity index is 1.21. The zero-order chi connectivity index (χ0) is 32.8. The van der Waals surface area contributed by atoms with E-state index in [0.29, 0.717) is 22.8 Å². The monoisotopic (exact) mass is 638 g/mol. The van der Waals surface area contributed by atoms with Gasteiger partial charge in [-0.1, -0.05) is 24.3 Å². The van der Waals surface area contributed by atoms with Crippen LogP contribution < -0.4 is 0 Å². The maximum atomic E-state index is 16.3. The van der Waals surface area contributed by atoms with Gasteiger partial charge in [0.15, 0.2) is 5.65 Å². The number of hydrogen-bond acceptors (Lipinski definition) is 5. The number of nitrogens with zero attached hydrogens (tertiary/aromatic N) is 8. The van der Waals surface area contributed by atoms with E-state index >= 15 is 13.2 Å². The molecule has 2 aliphatic carbocycles. The molecule has 0 bridgehead atoms. The Labute approximate surface area is 268 Å². The van der Waals surface area contributed by atoms with E-state index in [1.807, 2.05) is 20.3 Å². The van der Waals surface area contributed by atoms with Crippen LogP contribution in [0.1, 0.15) is 64.8 Å². The van der Waals surface area contributed by atoms with Crippen molar-refractivity contribution < 1.29 is 18.0 Å².